The third-order valence-corrected chi connectivity index (χ3v) is 2.83. The number of nitrogens with two attached hydrogens (primary N) is 1. The molecule has 2 N–H and O–H groups in total. The first-order valence-corrected chi connectivity index (χ1v) is 5.27. The topological polar surface area (TPSA) is 46.3 Å². The van der Waals surface area contributed by atoms with Crippen molar-refractivity contribution in [2.45, 2.75) is 25.9 Å². The molecule has 1 fully saturated rings. The molecule has 3 nitrogen and oxygen atoms in total. The largest absolute Gasteiger partial charge is 0.337 e. The minimum Gasteiger partial charge on any atom is -0.337 e. The van der Waals surface area contributed by atoms with Crippen LogP contribution in [0.2, 0.25) is 0 Å². The molecule has 1 heterocycles. The van der Waals surface area contributed by atoms with Gasteiger partial charge in [0.2, 0.25) is 5.91 Å². The van der Waals surface area contributed by atoms with Gasteiger partial charge in [0.05, 0.1) is 6.04 Å². The van der Waals surface area contributed by atoms with E-state index in [1.54, 1.807) is 0 Å². The highest BCUT2D eigenvalue weighted by molar-refractivity contribution is 5.83. The molecule has 0 saturated carbocycles. The Labute approximate surface area is 89.9 Å². The number of hydrogen-bond acceptors (Lipinski definition) is 2. The monoisotopic (exact) mass is 204 g/mol. The van der Waals surface area contributed by atoms with Crippen LogP contribution in [0.1, 0.15) is 17.5 Å². The van der Waals surface area contributed by atoms with Crippen molar-refractivity contribution in [1.29, 1.82) is 0 Å². The van der Waals surface area contributed by atoms with E-state index in [9.17, 15) is 4.79 Å². The van der Waals surface area contributed by atoms with Crippen LogP contribution >= 0.6 is 0 Å². The molecule has 1 aromatic rings. The van der Waals surface area contributed by atoms with E-state index in [0.717, 1.165) is 13.0 Å². The molecule has 0 bridgehead atoms. The molecule has 80 valence electrons. The lowest BCUT2D eigenvalue weighted by Gasteiger charge is -2.15. The molecule has 2 rings (SSSR count). The maximum Gasteiger partial charge on any atom is 0.239 e. The van der Waals surface area contributed by atoms with Crippen LogP contribution in [0.15, 0.2) is 24.3 Å². The van der Waals surface area contributed by atoms with E-state index in [4.69, 9.17) is 5.73 Å². The molecular formula is C12H16N2O. The number of aryl methyl sites for hydroxylation is 1. The Hall–Kier alpha value is -1.35. The Bertz CT molecular complexity index is 358. The third-order valence-electron chi connectivity index (χ3n) is 2.83. The zero-order valence-electron chi connectivity index (χ0n) is 8.94. The Morgan fingerprint density at radius 3 is 2.60 bits per heavy atom. The number of carbonyl (C=O) groups excluding carboxylic acids is 1. The van der Waals surface area contributed by atoms with Gasteiger partial charge in [-0.25, -0.2) is 0 Å². The molecule has 1 amide bonds. The van der Waals surface area contributed by atoms with Crippen molar-refractivity contribution < 1.29 is 4.79 Å². The van der Waals surface area contributed by atoms with E-state index in [1.807, 2.05) is 4.90 Å². The highest BCUT2D eigenvalue weighted by atomic mass is 16.2. The van der Waals surface area contributed by atoms with Gasteiger partial charge in [-0.05, 0) is 18.9 Å². The number of rotatable bonds is 2. The minimum absolute atomic E-state index is 0.0792. The van der Waals surface area contributed by atoms with E-state index < -0.39 is 0 Å². The van der Waals surface area contributed by atoms with Crippen LogP contribution in [0.3, 0.4) is 0 Å². The molecule has 1 unspecified atom stereocenters. The van der Waals surface area contributed by atoms with Crippen LogP contribution in [0, 0.1) is 6.92 Å². The van der Waals surface area contributed by atoms with E-state index >= 15 is 0 Å². The molecular weight excluding hydrogens is 188 g/mol. The summed E-state index contributed by atoms with van der Waals surface area (Å²) < 4.78 is 0. The summed E-state index contributed by atoms with van der Waals surface area (Å²) in [5, 5.41) is 0. The Balaban J connectivity index is 2.03. The Kier molecular flexibility index (Phi) is 2.73. The lowest BCUT2D eigenvalue weighted by atomic mass is 10.1. The van der Waals surface area contributed by atoms with Crippen molar-refractivity contribution in [3.63, 3.8) is 0 Å². The van der Waals surface area contributed by atoms with Gasteiger partial charge in [-0.15, -0.1) is 0 Å². The van der Waals surface area contributed by atoms with Gasteiger partial charge < -0.3 is 10.6 Å². The standard InChI is InChI=1S/C12H16N2O/c1-9-2-4-10(5-3-9)8-14-7-6-11(13)12(14)15/h2-5,11H,6-8,13H2,1H3. The third kappa shape index (κ3) is 2.18. The maximum atomic E-state index is 11.6. The summed E-state index contributed by atoms with van der Waals surface area (Å²) in [7, 11) is 0. The highest BCUT2D eigenvalue weighted by Gasteiger charge is 2.27. The SMILES string of the molecule is Cc1ccc(CN2CCC(N)C2=O)cc1. The number of likely N-dealkylation sites (tertiary alicyclic amines) is 1. The summed E-state index contributed by atoms with van der Waals surface area (Å²) in [5.74, 6) is 0.0792. The second-order valence-electron chi connectivity index (χ2n) is 4.14. The molecule has 3 heteroatoms. The van der Waals surface area contributed by atoms with Gasteiger partial charge in [0.25, 0.3) is 0 Å². The predicted octanol–water partition coefficient (Wildman–Crippen LogP) is 1.05. The van der Waals surface area contributed by atoms with Gasteiger partial charge in [0, 0.05) is 13.1 Å². The maximum absolute atomic E-state index is 11.6. The number of benzene rings is 1. The number of hydrogen-bond donors (Lipinski definition) is 1. The highest BCUT2D eigenvalue weighted by Crippen LogP contribution is 2.14. The van der Waals surface area contributed by atoms with Crippen LogP contribution in [0.4, 0.5) is 0 Å². The second-order valence-corrected chi connectivity index (χ2v) is 4.14. The molecule has 1 atom stereocenters. The van der Waals surface area contributed by atoms with Crippen LogP contribution in [-0.4, -0.2) is 23.4 Å². The second kappa shape index (κ2) is 4.03. The average Bonchev–Trinajstić information content (AvgIpc) is 2.53. The fourth-order valence-corrected chi connectivity index (χ4v) is 1.83. The van der Waals surface area contributed by atoms with Crippen molar-refractivity contribution >= 4 is 5.91 Å². The van der Waals surface area contributed by atoms with E-state index in [1.165, 1.54) is 11.1 Å². The van der Waals surface area contributed by atoms with Crippen molar-refractivity contribution in [2.24, 2.45) is 5.73 Å². The molecule has 15 heavy (non-hydrogen) atoms. The molecule has 1 aliphatic heterocycles. The Morgan fingerprint density at radius 2 is 2.07 bits per heavy atom. The first kappa shape index (κ1) is 10.2. The van der Waals surface area contributed by atoms with Crippen LogP contribution in [0.25, 0.3) is 0 Å². The molecule has 1 aliphatic rings. The van der Waals surface area contributed by atoms with E-state index in [-0.39, 0.29) is 11.9 Å². The number of nitrogens with zero attached hydrogens (tertiary/aromatic N) is 1. The van der Waals surface area contributed by atoms with Crippen LogP contribution in [-0.2, 0) is 11.3 Å². The van der Waals surface area contributed by atoms with Crippen molar-refractivity contribution in [3.05, 3.63) is 35.4 Å². The van der Waals surface area contributed by atoms with Crippen molar-refractivity contribution in [2.75, 3.05) is 6.54 Å². The Morgan fingerprint density at radius 1 is 1.40 bits per heavy atom. The first-order chi connectivity index (χ1) is 7.16. The first-order valence-electron chi connectivity index (χ1n) is 5.27. The lowest BCUT2D eigenvalue weighted by molar-refractivity contribution is -0.129. The number of carbonyl (C=O) groups is 1. The summed E-state index contributed by atoms with van der Waals surface area (Å²) in [4.78, 5) is 13.4. The quantitative estimate of drug-likeness (QED) is 0.782. The smallest absolute Gasteiger partial charge is 0.239 e. The van der Waals surface area contributed by atoms with Crippen molar-refractivity contribution in [3.8, 4) is 0 Å². The molecule has 1 aromatic carbocycles. The van der Waals surface area contributed by atoms with Gasteiger partial charge in [-0.1, -0.05) is 29.8 Å². The zero-order chi connectivity index (χ0) is 10.8. The summed E-state index contributed by atoms with van der Waals surface area (Å²) in [6.07, 6.45) is 0.782. The lowest BCUT2D eigenvalue weighted by Crippen LogP contribution is -2.33. The normalized spacial score (nSPS) is 21.1. The summed E-state index contributed by atoms with van der Waals surface area (Å²) in [5.41, 5.74) is 8.06. The fourth-order valence-electron chi connectivity index (χ4n) is 1.83. The van der Waals surface area contributed by atoms with Gasteiger partial charge in [-0.3, -0.25) is 4.79 Å². The zero-order valence-corrected chi connectivity index (χ0v) is 8.94. The van der Waals surface area contributed by atoms with E-state index in [2.05, 4.69) is 31.2 Å². The minimum atomic E-state index is -0.282. The van der Waals surface area contributed by atoms with Crippen LogP contribution in [0.5, 0.6) is 0 Å². The average molecular weight is 204 g/mol. The van der Waals surface area contributed by atoms with Gasteiger partial charge in [0.15, 0.2) is 0 Å². The van der Waals surface area contributed by atoms with Gasteiger partial charge in [-0.2, -0.15) is 0 Å². The van der Waals surface area contributed by atoms with Gasteiger partial charge >= 0.3 is 0 Å². The van der Waals surface area contributed by atoms with Crippen LogP contribution < -0.4 is 5.73 Å². The molecule has 0 aliphatic carbocycles. The van der Waals surface area contributed by atoms with E-state index in [0.29, 0.717) is 6.54 Å². The molecule has 0 aromatic heterocycles. The summed E-state index contributed by atoms with van der Waals surface area (Å²) in [6.45, 7) is 3.53. The predicted molar refractivity (Wildman–Crippen MR) is 59.2 cm³/mol. The molecule has 0 spiro atoms. The number of amides is 1. The van der Waals surface area contributed by atoms with Crippen molar-refractivity contribution in [1.82, 2.24) is 4.90 Å². The molecule has 1 saturated heterocycles. The molecule has 0 radical (unpaired) electrons. The van der Waals surface area contributed by atoms with Gasteiger partial charge in [0.1, 0.15) is 0 Å². The fraction of sp³-hybridized carbons (Fsp3) is 0.417. The summed E-state index contributed by atoms with van der Waals surface area (Å²) >= 11 is 0. The summed E-state index contributed by atoms with van der Waals surface area (Å²) in [6, 6.07) is 7.97.